The summed E-state index contributed by atoms with van der Waals surface area (Å²) in [5.41, 5.74) is 0.956. The first-order valence-corrected chi connectivity index (χ1v) is 10.4. The molecular formula is C20H24N2O3S2. The van der Waals surface area contributed by atoms with Crippen LogP contribution in [0, 0.1) is 0 Å². The van der Waals surface area contributed by atoms with E-state index in [-0.39, 0.29) is 17.0 Å². The summed E-state index contributed by atoms with van der Waals surface area (Å²) >= 11 is 3.00. The molecular weight excluding hydrogens is 380 g/mol. The van der Waals surface area contributed by atoms with Crippen molar-refractivity contribution in [2.45, 2.75) is 45.2 Å². The van der Waals surface area contributed by atoms with Crippen LogP contribution in [0.3, 0.4) is 0 Å². The average Bonchev–Trinajstić information content (AvgIpc) is 3.18. The summed E-state index contributed by atoms with van der Waals surface area (Å²) < 4.78 is 5.02. The Hall–Kier alpha value is -1.96. The van der Waals surface area contributed by atoms with Crippen molar-refractivity contribution in [2.75, 3.05) is 12.4 Å². The van der Waals surface area contributed by atoms with E-state index in [1.807, 2.05) is 17.5 Å². The summed E-state index contributed by atoms with van der Waals surface area (Å²) in [4.78, 5) is 27.0. The summed E-state index contributed by atoms with van der Waals surface area (Å²) in [5.74, 6) is -0.685. The predicted molar refractivity (Wildman–Crippen MR) is 112 cm³/mol. The molecule has 1 aliphatic rings. The molecule has 7 heteroatoms. The van der Waals surface area contributed by atoms with Gasteiger partial charge in [0.1, 0.15) is 5.00 Å². The molecule has 0 atom stereocenters. The predicted octanol–water partition coefficient (Wildman–Crippen LogP) is 4.41. The third-order valence-corrected chi connectivity index (χ3v) is 6.72. The lowest BCUT2D eigenvalue weighted by Crippen LogP contribution is -2.55. The van der Waals surface area contributed by atoms with E-state index in [0.717, 1.165) is 15.3 Å². The standard InChI is InChI=1S/C20H24N2O3S2/c1-19(2)11-13-15(18(24)25-5)17(27-16(13)20(3,4)22-19)21-14(23)9-8-12-7-6-10-26-12/h6-10,22H,11H2,1-5H3,(H,21,23)/b9-8+. The minimum absolute atomic E-state index is 0.166. The molecule has 0 unspecified atom stereocenters. The van der Waals surface area contributed by atoms with E-state index in [2.05, 4.69) is 38.3 Å². The number of anilines is 1. The van der Waals surface area contributed by atoms with Gasteiger partial charge in [-0.15, -0.1) is 22.7 Å². The first-order valence-electron chi connectivity index (χ1n) is 8.69. The number of thiophene rings is 2. The van der Waals surface area contributed by atoms with Gasteiger partial charge in [-0.1, -0.05) is 6.07 Å². The lowest BCUT2D eigenvalue weighted by molar-refractivity contribution is -0.111. The number of methoxy groups -OCH3 is 1. The molecule has 0 saturated carbocycles. The Morgan fingerprint density at radius 3 is 2.67 bits per heavy atom. The van der Waals surface area contributed by atoms with Gasteiger partial charge in [-0.3, -0.25) is 4.79 Å². The molecule has 1 aliphatic heterocycles. The molecule has 1 amide bonds. The number of hydrogen-bond donors (Lipinski definition) is 2. The highest BCUT2D eigenvalue weighted by Gasteiger charge is 2.41. The van der Waals surface area contributed by atoms with Gasteiger partial charge >= 0.3 is 5.97 Å². The van der Waals surface area contributed by atoms with Crippen LogP contribution in [0.4, 0.5) is 5.00 Å². The van der Waals surface area contributed by atoms with Crippen molar-refractivity contribution in [3.8, 4) is 0 Å². The number of fused-ring (bicyclic) bond motifs is 1. The van der Waals surface area contributed by atoms with Crippen LogP contribution in [0.15, 0.2) is 23.6 Å². The number of nitrogens with one attached hydrogen (secondary N) is 2. The molecule has 3 rings (SSSR count). The first-order chi connectivity index (χ1) is 12.6. The molecule has 144 valence electrons. The number of esters is 1. The van der Waals surface area contributed by atoms with Crippen LogP contribution < -0.4 is 10.6 Å². The van der Waals surface area contributed by atoms with Crippen LogP contribution in [-0.4, -0.2) is 24.5 Å². The normalized spacial score (nSPS) is 17.5. The second-order valence-corrected chi connectivity index (χ2v) is 9.75. The molecule has 5 nitrogen and oxygen atoms in total. The van der Waals surface area contributed by atoms with Gasteiger partial charge < -0.3 is 15.4 Å². The van der Waals surface area contributed by atoms with Crippen LogP contribution in [0.1, 0.15) is 53.4 Å². The number of rotatable bonds is 4. The Kier molecular flexibility index (Phi) is 5.29. The Labute approximate surface area is 167 Å². The van der Waals surface area contributed by atoms with E-state index in [9.17, 15) is 9.59 Å². The van der Waals surface area contributed by atoms with Gasteiger partial charge in [0.15, 0.2) is 0 Å². The van der Waals surface area contributed by atoms with E-state index in [4.69, 9.17) is 4.74 Å². The minimum Gasteiger partial charge on any atom is -0.465 e. The van der Waals surface area contributed by atoms with E-state index >= 15 is 0 Å². The molecule has 0 aliphatic carbocycles. The zero-order valence-corrected chi connectivity index (χ0v) is 17.8. The van der Waals surface area contributed by atoms with Gasteiger partial charge in [-0.25, -0.2) is 4.79 Å². The fourth-order valence-electron chi connectivity index (χ4n) is 3.63. The molecule has 2 aromatic rings. The molecule has 0 spiro atoms. The molecule has 0 aromatic carbocycles. The van der Waals surface area contributed by atoms with Crippen molar-refractivity contribution in [3.63, 3.8) is 0 Å². The van der Waals surface area contributed by atoms with Gasteiger partial charge in [0.05, 0.1) is 12.7 Å². The average molecular weight is 405 g/mol. The van der Waals surface area contributed by atoms with Gasteiger partial charge in [0, 0.05) is 26.9 Å². The van der Waals surface area contributed by atoms with Crippen LogP contribution in [-0.2, 0) is 21.5 Å². The van der Waals surface area contributed by atoms with Gasteiger partial charge in [0.25, 0.3) is 0 Å². The molecule has 2 aromatic heterocycles. The molecule has 0 radical (unpaired) electrons. The number of carbonyl (C=O) groups is 2. The Bertz CT molecular complexity index is 893. The number of carbonyl (C=O) groups excluding carboxylic acids is 2. The highest BCUT2D eigenvalue weighted by Crippen LogP contribution is 2.45. The number of amides is 1. The molecule has 2 N–H and O–H groups in total. The summed E-state index contributed by atoms with van der Waals surface area (Å²) in [5, 5.41) is 8.99. The molecule has 3 heterocycles. The third kappa shape index (κ3) is 4.15. The van der Waals surface area contributed by atoms with Gasteiger partial charge in [-0.05, 0) is 57.2 Å². The Morgan fingerprint density at radius 1 is 1.30 bits per heavy atom. The summed E-state index contributed by atoms with van der Waals surface area (Å²) in [7, 11) is 1.37. The molecule has 0 bridgehead atoms. The number of ether oxygens (including phenoxy) is 1. The van der Waals surface area contributed by atoms with Gasteiger partial charge in [-0.2, -0.15) is 0 Å². The van der Waals surface area contributed by atoms with E-state index in [1.165, 1.54) is 24.5 Å². The summed E-state index contributed by atoms with van der Waals surface area (Å²) in [6.07, 6.45) is 3.94. The zero-order valence-electron chi connectivity index (χ0n) is 16.1. The maximum absolute atomic E-state index is 12.5. The van der Waals surface area contributed by atoms with Crippen LogP contribution in [0.25, 0.3) is 6.08 Å². The van der Waals surface area contributed by atoms with Gasteiger partial charge in [0.2, 0.25) is 5.91 Å². The lowest BCUT2D eigenvalue weighted by atomic mass is 9.81. The Morgan fingerprint density at radius 2 is 2.04 bits per heavy atom. The lowest BCUT2D eigenvalue weighted by Gasteiger charge is -2.42. The molecule has 0 saturated heterocycles. The highest BCUT2D eigenvalue weighted by atomic mass is 32.1. The van der Waals surface area contributed by atoms with Crippen molar-refractivity contribution in [2.24, 2.45) is 0 Å². The molecule has 27 heavy (non-hydrogen) atoms. The smallest absolute Gasteiger partial charge is 0.341 e. The second kappa shape index (κ2) is 7.22. The summed E-state index contributed by atoms with van der Waals surface area (Å²) in [6, 6.07) is 3.87. The first kappa shape index (κ1) is 19.8. The van der Waals surface area contributed by atoms with Crippen molar-refractivity contribution < 1.29 is 14.3 Å². The molecule has 0 fully saturated rings. The van der Waals surface area contributed by atoms with Crippen molar-refractivity contribution in [1.82, 2.24) is 5.32 Å². The fourth-order valence-corrected chi connectivity index (χ4v) is 5.52. The maximum Gasteiger partial charge on any atom is 0.341 e. The second-order valence-electron chi connectivity index (χ2n) is 7.75. The topological polar surface area (TPSA) is 67.4 Å². The SMILES string of the molecule is COC(=O)c1c(NC(=O)/C=C/c2cccs2)sc2c1CC(C)(C)NC2(C)C. The Balaban J connectivity index is 1.97. The van der Waals surface area contributed by atoms with Crippen molar-refractivity contribution in [3.05, 3.63) is 44.5 Å². The van der Waals surface area contributed by atoms with E-state index in [1.54, 1.807) is 17.4 Å². The third-order valence-electron chi connectivity index (χ3n) is 4.41. The van der Waals surface area contributed by atoms with Crippen LogP contribution in [0.5, 0.6) is 0 Å². The largest absolute Gasteiger partial charge is 0.465 e. The monoisotopic (exact) mass is 404 g/mol. The van der Waals surface area contributed by atoms with Crippen molar-refractivity contribution >= 4 is 45.6 Å². The summed E-state index contributed by atoms with van der Waals surface area (Å²) in [6.45, 7) is 8.40. The van der Waals surface area contributed by atoms with Crippen molar-refractivity contribution in [1.29, 1.82) is 0 Å². The maximum atomic E-state index is 12.5. The van der Waals surface area contributed by atoms with Crippen LogP contribution >= 0.6 is 22.7 Å². The fraction of sp³-hybridized carbons (Fsp3) is 0.400. The quantitative estimate of drug-likeness (QED) is 0.585. The highest BCUT2D eigenvalue weighted by molar-refractivity contribution is 7.17. The number of hydrogen-bond acceptors (Lipinski definition) is 6. The minimum atomic E-state index is -0.418. The van der Waals surface area contributed by atoms with E-state index in [0.29, 0.717) is 17.0 Å². The van der Waals surface area contributed by atoms with E-state index < -0.39 is 5.97 Å². The zero-order chi connectivity index (χ0) is 19.8. The van der Waals surface area contributed by atoms with Crippen LogP contribution in [0.2, 0.25) is 0 Å².